The predicted octanol–water partition coefficient (Wildman–Crippen LogP) is 13.6. The summed E-state index contributed by atoms with van der Waals surface area (Å²) < 4.78 is 7.51. The Kier molecular flexibility index (Phi) is 6.16. The van der Waals surface area contributed by atoms with Gasteiger partial charge in [-0.3, -0.25) is 0 Å². The van der Waals surface area contributed by atoms with Gasteiger partial charge in [0.1, 0.15) is 0 Å². The molecule has 8 aromatic carbocycles. The van der Waals surface area contributed by atoms with Gasteiger partial charge >= 0.3 is 0 Å². The van der Waals surface area contributed by atoms with Crippen molar-refractivity contribution >= 4 is 75.1 Å². The Morgan fingerprint density at radius 3 is 1.71 bits per heavy atom. The van der Waals surface area contributed by atoms with Gasteiger partial charge in [0.15, 0.2) is 0 Å². The molecular formula is C48H30N2S. The Labute approximate surface area is 298 Å². The van der Waals surface area contributed by atoms with Crippen molar-refractivity contribution in [2.24, 2.45) is 0 Å². The van der Waals surface area contributed by atoms with Gasteiger partial charge in [-0.2, -0.15) is 0 Å². The Hall–Kier alpha value is -6.42. The van der Waals surface area contributed by atoms with Crippen LogP contribution in [0, 0.1) is 0 Å². The second-order valence-corrected chi connectivity index (χ2v) is 14.4. The molecule has 0 radical (unpaired) electrons. The molecule has 0 aliphatic heterocycles. The van der Waals surface area contributed by atoms with Crippen molar-refractivity contribution in [3.05, 3.63) is 182 Å². The van der Waals surface area contributed by atoms with Gasteiger partial charge < -0.3 is 9.13 Å². The normalized spacial score (nSPS) is 11.9. The largest absolute Gasteiger partial charge is 0.309 e. The van der Waals surface area contributed by atoms with E-state index in [1.165, 1.54) is 97.4 Å². The molecule has 11 rings (SSSR count). The van der Waals surface area contributed by atoms with E-state index >= 15 is 0 Å². The third-order valence-electron chi connectivity index (χ3n) is 10.5. The summed E-state index contributed by atoms with van der Waals surface area (Å²) in [5.41, 5.74) is 12.1. The van der Waals surface area contributed by atoms with E-state index in [2.05, 4.69) is 191 Å². The Bertz CT molecular complexity index is 3130. The van der Waals surface area contributed by atoms with Crippen LogP contribution in [0.15, 0.2) is 182 Å². The Morgan fingerprint density at radius 1 is 0.314 bits per heavy atom. The highest BCUT2D eigenvalue weighted by Crippen LogP contribution is 2.45. The molecule has 0 fully saturated rings. The number of aromatic nitrogens is 2. The molecule has 3 aromatic heterocycles. The molecule has 0 saturated heterocycles. The van der Waals surface area contributed by atoms with Crippen LogP contribution in [0.25, 0.3) is 97.4 Å². The first-order valence-electron chi connectivity index (χ1n) is 17.4. The molecule has 0 atom stereocenters. The van der Waals surface area contributed by atoms with Crippen LogP contribution in [0.1, 0.15) is 0 Å². The number of nitrogens with zero attached hydrogens (tertiary/aromatic N) is 2. The average Bonchev–Trinajstić information content (AvgIpc) is 3.86. The van der Waals surface area contributed by atoms with Gasteiger partial charge in [0.05, 0.1) is 22.1 Å². The van der Waals surface area contributed by atoms with Gasteiger partial charge in [-0.15, -0.1) is 11.3 Å². The maximum absolute atomic E-state index is 2.46. The van der Waals surface area contributed by atoms with Gasteiger partial charge in [-0.1, -0.05) is 115 Å². The monoisotopic (exact) mass is 666 g/mol. The second kappa shape index (κ2) is 11.0. The average molecular weight is 667 g/mol. The summed E-state index contributed by atoms with van der Waals surface area (Å²) in [7, 11) is 0. The molecule has 3 heteroatoms. The molecule has 0 saturated carbocycles. The highest BCUT2D eigenvalue weighted by molar-refractivity contribution is 7.26. The third-order valence-corrected chi connectivity index (χ3v) is 11.7. The van der Waals surface area contributed by atoms with Gasteiger partial charge in [0.25, 0.3) is 0 Å². The number of rotatable bonds is 4. The van der Waals surface area contributed by atoms with Crippen LogP contribution in [0.2, 0.25) is 0 Å². The van der Waals surface area contributed by atoms with Gasteiger partial charge in [0, 0.05) is 53.1 Å². The minimum absolute atomic E-state index is 1.17. The zero-order valence-corrected chi connectivity index (χ0v) is 28.4. The fourth-order valence-electron chi connectivity index (χ4n) is 8.21. The topological polar surface area (TPSA) is 9.86 Å². The predicted molar refractivity (Wildman–Crippen MR) is 219 cm³/mol. The van der Waals surface area contributed by atoms with E-state index in [9.17, 15) is 0 Å². The van der Waals surface area contributed by atoms with Gasteiger partial charge in [-0.05, 0) is 89.0 Å². The van der Waals surface area contributed by atoms with Crippen LogP contribution in [0.4, 0.5) is 0 Å². The van der Waals surface area contributed by atoms with E-state index in [4.69, 9.17) is 0 Å². The first-order chi connectivity index (χ1) is 25.3. The van der Waals surface area contributed by atoms with E-state index in [1.807, 2.05) is 11.3 Å². The van der Waals surface area contributed by atoms with Crippen LogP contribution < -0.4 is 0 Å². The molecule has 0 aliphatic rings. The molecule has 238 valence electrons. The second-order valence-electron chi connectivity index (χ2n) is 13.3. The molecule has 0 spiro atoms. The molecule has 2 nitrogen and oxygen atoms in total. The smallest absolute Gasteiger partial charge is 0.0555 e. The van der Waals surface area contributed by atoms with E-state index in [0.29, 0.717) is 0 Å². The lowest BCUT2D eigenvalue weighted by Gasteiger charge is -2.11. The minimum atomic E-state index is 1.17. The summed E-state index contributed by atoms with van der Waals surface area (Å²) in [4.78, 5) is 0. The lowest BCUT2D eigenvalue weighted by molar-refractivity contribution is 1.18. The highest BCUT2D eigenvalue weighted by Gasteiger charge is 2.19. The lowest BCUT2D eigenvalue weighted by atomic mass is 10.00. The number of hydrogen-bond acceptors (Lipinski definition) is 1. The van der Waals surface area contributed by atoms with Crippen molar-refractivity contribution in [2.75, 3.05) is 0 Å². The van der Waals surface area contributed by atoms with Crippen LogP contribution in [0.3, 0.4) is 0 Å². The summed E-state index contributed by atoms with van der Waals surface area (Å²) >= 11 is 1.90. The zero-order valence-electron chi connectivity index (χ0n) is 27.6. The molecule has 3 heterocycles. The van der Waals surface area contributed by atoms with Crippen molar-refractivity contribution in [2.45, 2.75) is 0 Å². The van der Waals surface area contributed by atoms with Crippen molar-refractivity contribution in [3.8, 4) is 33.6 Å². The molecule has 0 N–H and O–H groups in total. The Morgan fingerprint density at radius 2 is 0.882 bits per heavy atom. The maximum atomic E-state index is 2.46. The standard InChI is InChI=1S/C48H30N2S/c1-3-12-31(13-4-1)32-14-11-17-36(28-32)50-44-26-23-34(30-41(44)47-45(50)27-24-39-38-19-8-10-21-46(38)51-48(39)47)33-22-25-43-40(29-33)37-18-7-9-20-42(37)49(43)35-15-5-2-6-16-35/h1-30H. The third kappa shape index (κ3) is 4.29. The number of benzene rings is 8. The van der Waals surface area contributed by atoms with Crippen molar-refractivity contribution in [3.63, 3.8) is 0 Å². The maximum Gasteiger partial charge on any atom is 0.0555 e. The number of hydrogen-bond donors (Lipinski definition) is 0. The summed E-state index contributed by atoms with van der Waals surface area (Å²) in [6, 6.07) is 66.6. The number of thiophene rings is 1. The van der Waals surface area contributed by atoms with Crippen LogP contribution in [0.5, 0.6) is 0 Å². The fourth-order valence-corrected chi connectivity index (χ4v) is 9.47. The molecule has 51 heavy (non-hydrogen) atoms. The first kappa shape index (κ1) is 28.4. The quantitative estimate of drug-likeness (QED) is 0.177. The molecule has 0 unspecified atom stereocenters. The van der Waals surface area contributed by atoms with E-state index in [-0.39, 0.29) is 0 Å². The fraction of sp³-hybridized carbons (Fsp3) is 0. The van der Waals surface area contributed by atoms with E-state index in [1.54, 1.807) is 0 Å². The van der Waals surface area contributed by atoms with Crippen LogP contribution in [-0.4, -0.2) is 9.13 Å². The van der Waals surface area contributed by atoms with Gasteiger partial charge in [-0.25, -0.2) is 0 Å². The highest BCUT2D eigenvalue weighted by atomic mass is 32.1. The van der Waals surface area contributed by atoms with Gasteiger partial charge in [0.2, 0.25) is 0 Å². The van der Waals surface area contributed by atoms with Crippen molar-refractivity contribution in [1.29, 1.82) is 0 Å². The number of para-hydroxylation sites is 2. The summed E-state index contributed by atoms with van der Waals surface area (Å²) in [5, 5.41) is 7.76. The van der Waals surface area contributed by atoms with Crippen LogP contribution >= 0.6 is 11.3 Å². The summed E-state index contributed by atoms with van der Waals surface area (Å²) in [6.45, 7) is 0. The molecule has 0 bridgehead atoms. The number of fused-ring (bicyclic) bond motifs is 10. The van der Waals surface area contributed by atoms with E-state index < -0.39 is 0 Å². The first-order valence-corrected chi connectivity index (χ1v) is 18.3. The lowest BCUT2D eigenvalue weighted by Crippen LogP contribution is -1.94. The summed E-state index contributed by atoms with van der Waals surface area (Å²) in [5.74, 6) is 0. The molecule has 0 amide bonds. The Balaban J connectivity index is 1.18. The molecular weight excluding hydrogens is 637 g/mol. The minimum Gasteiger partial charge on any atom is -0.309 e. The summed E-state index contributed by atoms with van der Waals surface area (Å²) in [6.07, 6.45) is 0. The molecule has 0 aliphatic carbocycles. The SMILES string of the molecule is c1ccc(-c2cccc(-n3c4ccc(-c5ccc6c(c5)c5ccccc5n6-c5ccccc5)cc4c4c5sc6ccccc6c5ccc43)c2)cc1. The zero-order chi connectivity index (χ0) is 33.5. The molecule has 11 aromatic rings. The van der Waals surface area contributed by atoms with E-state index in [0.717, 1.165) is 0 Å². The van der Waals surface area contributed by atoms with Crippen molar-refractivity contribution < 1.29 is 0 Å². The van der Waals surface area contributed by atoms with Crippen LogP contribution in [-0.2, 0) is 0 Å². The van der Waals surface area contributed by atoms with Crippen molar-refractivity contribution in [1.82, 2.24) is 9.13 Å².